The maximum atomic E-state index is 11.6. The number of nitrogens with two attached hydrogens (primary N) is 1. The van der Waals surface area contributed by atoms with Crippen LogP contribution in [-0.4, -0.2) is 17.9 Å². The van der Waals surface area contributed by atoms with Gasteiger partial charge in [0.25, 0.3) is 0 Å². The van der Waals surface area contributed by atoms with Gasteiger partial charge < -0.3 is 11.1 Å². The van der Waals surface area contributed by atoms with Gasteiger partial charge in [-0.1, -0.05) is 25.3 Å². The van der Waals surface area contributed by atoms with E-state index in [1.165, 1.54) is 0 Å². The van der Waals surface area contributed by atoms with Crippen LogP contribution in [0.5, 0.6) is 0 Å². The first kappa shape index (κ1) is 14.7. The second kappa shape index (κ2) is 7.90. The fraction of sp³-hybridized carbons (Fsp3) is 0.714. The topological polar surface area (TPSA) is 72.2 Å². The molecule has 0 radical (unpaired) electrons. The van der Waals surface area contributed by atoms with Gasteiger partial charge in [-0.15, -0.1) is 6.58 Å². The third-order valence-electron chi connectivity index (χ3n) is 3.26. The average Bonchev–Trinajstić information content (AvgIpc) is 3.15. The largest absolute Gasteiger partial charge is 0.368 e. The number of nitrogens with one attached hydrogen (secondary N) is 1. The van der Waals surface area contributed by atoms with Gasteiger partial charge in [-0.25, -0.2) is 0 Å². The van der Waals surface area contributed by atoms with E-state index < -0.39 is 11.9 Å². The van der Waals surface area contributed by atoms with Crippen LogP contribution in [0.2, 0.25) is 0 Å². The quantitative estimate of drug-likeness (QED) is 0.460. The van der Waals surface area contributed by atoms with Gasteiger partial charge in [-0.05, 0) is 32.1 Å². The lowest BCUT2D eigenvalue weighted by Gasteiger charge is -2.15. The van der Waals surface area contributed by atoms with Gasteiger partial charge >= 0.3 is 0 Å². The third-order valence-corrected chi connectivity index (χ3v) is 3.26. The third kappa shape index (κ3) is 5.84. The monoisotopic (exact) mass is 252 g/mol. The maximum absolute atomic E-state index is 11.6. The summed E-state index contributed by atoms with van der Waals surface area (Å²) in [7, 11) is 0. The smallest absolute Gasteiger partial charge is 0.239 e. The molecule has 0 unspecified atom stereocenters. The van der Waals surface area contributed by atoms with Crippen molar-refractivity contribution in [1.82, 2.24) is 5.32 Å². The van der Waals surface area contributed by atoms with Gasteiger partial charge in [0, 0.05) is 5.92 Å². The highest BCUT2D eigenvalue weighted by Gasteiger charge is 2.31. The summed E-state index contributed by atoms with van der Waals surface area (Å²) < 4.78 is 0. The minimum atomic E-state index is -0.488. The Bertz CT molecular complexity index is 298. The highest BCUT2D eigenvalue weighted by molar-refractivity contribution is 5.88. The zero-order chi connectivity index (χ0) is 13.4. The molecule has 0 bridgehead atoms. The number of carbonyl (C=O) groups is 2. The predicted molar refractivity (Wildman–Crippen MR) is 71.7 cm³/mol. The van der Waals surface area contributed by atoms with Crippen LogP contribution in [0.4, 0.5) is 0 Å². The van der Waals surface area contributed by atoms with Crippen LogP contribution in [0.15, 0.2) is 12.7 Å². The Morgan fingerprint density at radius 3 is 2.50 bits per heavy atom. The molecule has 1 rings (SSSR count). The molecule has 4 nitrogen and oxygen atoms in total. The molecule has 0 aromatic heterocycles. The van der Waals surface area contributed by atoms with Gasteiger partial charge in [-0.2, -0.15) is 0 Å². The number of allylic oxidation sites excluding steroid dienone is 1. The molecule has 1 saturated carbocycles. The number of carbonyl (C=O) groups excluding carboxylic acids is 2. The zero-order valence-electron chi connectivity index (χ0n) is 11.0. The molecule has 0 aliphatic heterocycles. The number of hydrogen-bond acceptors (Lipinski definition) is 2. The second-order valence-corrected chi connectivity index (χ2v) is 5.02. The van der Waals surface area contributed by atoms with Crippen molar-refractivity contribution >= 4 is 11.8 Å². The molecule has 18 heavy (non-hydrogen) atoms. The maximum Gasteiger partial charge on any atom is 0.239 e. The summed E-state index contributed by atoms with van der Waals surface area (Å²) in [5.74, 6) is -0.306. The van der Waals surface area contributed by atoms with Crippen molar-refractivity contribution in [3.8, 4) is 0 Å². The highest BCUT2D eigenvalue weighted by atomic mass is 16.2. The minimum absolute atomic E-state index is 0.00884. The van der Waals surface area contributed by atoms with E-state index in [-0.39, 0.29) is 11.8 Å². The summed E-state index contributed by atoms with van der Waals surface area (Å²) in [4.78, 5) is 22.8. The van der Waals surface area contributed by atoms with Crippen molar-refractivity contribution < 1.29 is 9.59 Å². The van der Waals surface area contributed by atoms with E-state index in [1.54, 1.807) is 0 Å². The molecule has 0 aromatic rings. The Kier molecular flexibility index (Phi) is 6.47. The van der Waals surface area contributed by atoms with Crippen molar-refractivity contribution in [2.24, 2.45) is 11.7 Å². The molecular weight excluding hydrogens is 228 g/mol. The van der Waals surface area contributed by atoms with Crippen LogP contribution in [0, 0.1) is 5.92 Å². The minimum Gasteiger partial charge on any atom is -0.368 e. The van der Waals surface area contributed by atoms with Crippen molar-refractivity contribution in [2.45, 2.75) is 57.4 Å². The molecule has 0 spiro atoms. The van der Waals surface area contributed by atoms with E-state index >= 15 is 0 Å². The van der Waals surface area contributed by atoms with Crippen molar-refractivity contribution in [1.29, 1.82) is 0 Å². The summed E-state index contributed by atoms with van der Waals surface area (Å²) in [6.45, 7) is 3.68. The molecule has 4 heteroatoms. The SMILES string of the molecule is C=CCCCCCC[C@H](NC(=O)C1CC1)C(N)=O. The number of primary amides is 1. The number of unbranched alkanes of at least 4 members (excludes halogenated alkanes) is 4. The van der Waals surface area contributed by atoms with Crippen LogP contribution >= 0.6 is 0 Å². The molecule has 1 aliphatic rings. The summed E-state index contributed by atoms with van der Waals surface area (Å²) in [6.07, 6.45) is 9.76. The van der Waals surface area contributed by atoms with Crippen LogP contribution in [0.3, 0.4) is 0 Å². The Morgan fingerprint density at radius 1 is 1.28 bits per heavy atom. The van der Waals surface area contributed by atoms with E-state index in [2.05, 4.69) is 11.9 Å². The van der Waals surface area contributed by atoms with Crippen molar-refractivity contribution in [2.75, 3.05) is 0 Å². The van der Waals surface area contributed by atoms with E-state index in [0.717, 1.165) is 44.9 Å². The van der Waals surface area contributed by atoms with Gasteiger partial charge in [0.05, 0.1) is 0 Å². The van der Waals surface area contributed by atoms with Gasteiger partial charge in [0.2, 0.25) is 11.8 Å². The average molecular weight is 252 g/mol. The molecule has 1 atom stereocenters. The summed E-state index contributed by atoms with van der Waals surface area (Å²) >= 11 is 0. The normalized spacial score (nSPS) is 16.0. The Balaban J connectivity index is 2.14. The van der Waals surface area contributed by atoms with Crippen molar-refractivity contribution in [3.05, 3.63) is 12.7 Å². The molecule has 0 heterocycles. The lowest BCUT2D eigenvalue weighted by atomic mass is 10.1. The van der Waals surface area contributed by atoms with Crippen molar-refractivity contribution in [3.63, 3.8) is 0 Å². The first-order valence-corrected chi connectivity index (χ1v) is 6.85. The standard InChI is InChI=1S/C14H24N2O2/c1-2-3-4-5-6-7-8-12(13(15)17)16-14(18)11-9-10-11/h2,11-12H,1,3-10H2,(H2,15,17)(H,16,18)/t12-/m0/s1. The Morgan fingerprint density at radius 2 is 1.94 bits per heavy atom. The molecule has 0 saturated heterocycles. The van der Waals surface area contributed by atoms with Gasteiger partial charge in [0.1, 0.15) is 6.04 Å². The number of rotatable bonds is 10. The van der Waals surface area contributed by atoms with Crippen LogP contribution in [-0.2, 0) is 9.59 Å². The van der Waals surface area contributed by atoms with E-state index in [1.807, 2.05) is 6.08 Å². The van der Waals surface area contributed by atoms with E-state index in [0.29, 0.717) is 6.42 Å². The first-order valence-electron chi connectivity index (χ1n) is 6.85. The fourth-order valence-corrected chi connectivity index (χ4v) is 1.91. The highest BCUT2D eigenvalue weighted by Crippen LogP contribution is 2.29. The first-order chi connectivity index (χ1) is 8.65. The lowest BCUT2D eigenvalue weighted by Crippen LogP contribution is -2.45. The fourth-order valence-electron chi connectivity index (χ4n) is 1.91. The summed E-state index contributed by atoms with van der Waals surface area (Å²) in [5.41, 5.74) is 5.30. The molecule has 102 valence electrons. The molecular formula is C14H24N2O2. The van der Waals surface area contributed by atoms with Gasteiger partial charge in [0.15, 0.2) is 0 Å². The number of amides is 2. The Labute approximate surface area is 109 Å². The number of hydrogen-bond donors (Lipinski definition) is 2. The van der Waals surface area contributed by atoms with E-state index in [4.69, 9.17) is 5.73 Å². The van der Waals surface area contributed by atoms with E-state index in [9.17, 15) is 9.59 Å². The molecule has 0 aromatic carbocycles. The van der Waals surface area contributed by atoms with Gasteiger partial charge in [-0.3, -0.25) is 9.59 Å². The van der Waals surface area contributed by atoms with Crippen LogP contribution in [0.1, 0.15) is 51.4 Å². The van der Waals surface area contributed by atoms with Crippen LogP contribution in [0.25, 0.3) is 0 Å². The lowest BCUT2D eigenvalue weighted by molar-refractivity contribution is -0.128. The summed E-state index contributed by atoms with van der Waals surface area (Å²) in [5, 5.41) is 2.75. The summed E-state index contributed by atoms with van der Waals surface area (Å²) in [6, 6.07) is -0.488. The second-order valence-electron chi connectivity index (χ2n) is 5.02. The predicted octanol–water partition coefficient (Wildman–Crippen LogP) is 1.89. The van der Waals surface area contributed by atoms with Crippen LogP contribution < -0.4 is 11.1 Å². The molecule has 1 fully saturated rings. The Hall–Kier alpha value is -1.32. The molecule has 2 amide bonds. The molecule has 3 N–H and O–H groups in total. The molecule has 1 aliphatic carbocycles. The zero-order valence-corrected chi connectivity index (χ0v) is 11.0.